The largest absolute Gasteiger partial charge is 0.486 e. The number of anilines is 1. The van der Waals surface area contributed by atoms with E-state index in [1.807, 2.05) is 42.5 Å². The van der Waals surface area contributed by atoms with E-state index in [-0.39, 0.29) is 0 Å². The molecule has 0 aliphatic carbocycles. The predicted octanol–water partition coefficient (Wildman–Crippen LogP) is 3.37. The molecule has 2 aromatic rings. The average molecular weight is 386 g/mol. The fourth-order valence-corrected chi connectivity index (χ4v) is 4.42. The first kappa shape index (κ1) is 16.9. The topological polar surface area (TPSA) is 44.9 Å². The molecule has 3 heterocycles. The lowest BCUT2D eigenvalue weighted by Crippen LogP contribution is -2.41. The molecule has 0 unspecified atom stereocenters. The minimum absolute atomic E-state index is 0.476. The van der Waals surface area contributed by atoms with E-state index >= 15 is 0 Å². The van der Waals surface area contributed by atoms with Crippen molar-refractivity contribution in [1.82, 2.24) is 0 Å². The Kier molecular flexibility index (Phi) is 4.02. The standard InChI is InChI=1S/C21H22ClN2O3/c22-16-5-7-17(8-6-16)23-14-21(25,24-10-2-1-3-20(23)24)15-4-9-18-19(13-15)27-12-11-26-18/h4-9,13,25H,1-3,10-12,14H2/q+1/t21-/m1/s1. The third-order valence-corrected chi connectivity index (χ3v) is 5.88. The molecule has 27 heavy (non-hydrogen) atoms. The zero-order chi connectivity index (χ0) is 18.4. The van der Waals surface area contributed by atoms with Crippen molar-refractivity contribution in [2.45, 2.75) is 25.0 Å². The quantitative estimate of drug-likeness (QED) is 0.805. The van der Waals surface area contributed by atoms with E-state index in [9.17, 15) is 5.11 Å². The highest BCUT2D eigenvalue weighted by Crippen LogP contribution is 2.39. The Hall–Kier alpha value is -2.24. The molecule has 5 nitrogen and oxygen atoms in total. The number of benzene rings is 2. The second-order valence-corrected chi connectivity index (χ2v) is 7.70. The Morgan fingerprint density at radius 2 is 1.78 bits per heavy atom. The molecule has 0 aromatic heterocycles. The van der Waals surface area contributed by atoms with E-state index in [0.717, 1.165) is 42.8 Å². The van der Waals surface area contributed by atoms with Crippen LogP contribution in [0.1, 0.15) is 24.8 Å². The fourth-order valence-electron chi connectivity index (χ4n) is 4.29. The molecule has 3 aliphatic rings. The van der Waals surface area contributed by atoms with Gasteiger partial charge in [-0.15, -0.1) is 0 Å². The third kappa shape index (κ3) is 2.77. The van der Waals surface area contributed by atoms with Gasteiger partial charge in [0.25, 0.3) is 11.6 Å². The lowest BCUT2D eigenvalue weighted by molar-refractivity contribution is -0.661. The van der Waals surface area contributed by atoms with Crippen LogP contribution in [0.15, 0.2) is 42.5 Å². The van der Waals surface area contributed by atoms with E-state index in [1.54, 1.807) is 0 Å². The van der Waals surface area contributed by atoms with Gasteiger partial charge in [-0.25, -0.2) is 9.48 Å². The van der Waals surface area contributed by atoms with Crippen LogP contribution in [0.5, 0.6) is 11.5 Å². The van der Waals surface area contributed by atoms with Crippen LogP contribution in [0.4, 0.5) is 5.69 Å². The van der Waals surface area contributed by atoms with E-state index < -0.39 is 5.72 Å². The van der Waals surface area contributed by atoms with Gasteiger partial charge in [0.2, 0.25) is 0 Å². The minimum atomic E-state index is -1.09. The summed E-state index contributed by atoms with van der Waals surface area (Å²) < 4.78 is 13.5. The highest BCUT2D eigenvalue weighted by atomic mass is 35.5. The van der Waals surface area contributed by atoms with Gasteiger partial charge < -0.3 is 14.6 Å². The summed E-state index contributed by atoms with van der Waals surface area (Å²) in [6.07, 6.45) is 3.16. The first-order chi connectivity index (χ1) is 13.1. The maximum absolute atomic E-state index is 11.8. The van der Waals surface area contributed by atoms with Crippen molar-refractivity contribution < 1.29 is 19.2 Å². The molecule has 0 bridgehead atoms. The number of aliphatic hydroxyl groups is 1. The van der Waals surface area contributed by atoms with Gasteiger partial charge >= 0.3 is 0 Å². The molecule has 0 saturated carbocycles. The van der Waals surface area contributed by atoms with Gasteiger partial charge in [0.15, 0.2) is 18.0 Å². The maximum Gasteiger partial charge on any atom is 0.271 e. The molecular weight excluding hydrogens is 364 g/mol. The van der Waals surface area contributed by atoms with Crippen LogP contribution < -0.4 is 14.4 Å². The van der Waals surface area contributed by atoms with Crippen LogP contribution >= 0.6 is 11.6 Å². The zero-order valence-electron chi connectivity index (χ0n) is 15.0. The van der Waals surface area contributed by atoms with Gasteiger partial charge in [-0.1, -0.05) is 11.6 Å². The molecule has 5 rings (SSSR count). The van der Waals surface area contributed by atoms with Crippen LogP contribution in [0.25, 0.3) is 0 Å². The number of amidine groups is 1. The van der Waals surface area contributed by atoms with Crippen LogP contribution in [0.3, 0.4) is 0 Å². The zero-order valence-corrected chi connectivity index (χ0v) is 15.8. The smallest absolute Gasteiger partial charge is 0.271 e. The first-order valence-electron chi connectivity index (χ1n) is 9.44. The summed E-state index contributed by atoms with van der Waals surface area (Å²) in [6, 6.07) is 13.6. The van der Waals surface area contributed by atoms with Gasteiger partial charge in [-0.05, 0) is 55.3 Å². The molecule has 2 aromatic carbocycles. The highest BCUT2D eigenvalue weighted by molar-refractivity contribution is 6.30. The second-order valence-electron chi connectivity index (χ2n) is 7.26. The van der Waals surface area contributed by atoms with Crippen molar-refractivity contribution in [3.63, 3.8) is 0 Å². The molecule has 0 fully saturated rings. The predicted molar refractivity (Wildman–Crippen MR) is 104 cm³/mol. The lowest BCUT2D eigenvalue weighted by Gasteiger charge is -2.26. The molecule has 1 N–H and O–H groups in total. The first-order valence-corrected chi connectivity index (χ1v) is 9.82. The summed E-state index contributed by atoms with van der Waals surface area (Å²) in [5.74, 6) is 2.61. The molecule has 140 valence electrons. The Labute approximate surface area is 163 Å². The molecule has 0 spiro atoms. The van der Waals surface area contributed by atoms with Gasteiger partial charge in [0.1, 0.15) is 18.9 Å². The Balaban J connectivity index is 1.57. The van der Waals surface area contributed by atoms with Crippen LogP contribution in [0, 0.1) is 0 Å². The monoisotopic (exact) mass is 385 g/mol. The number of β-amino-alcohol motifs (C(OH)–C–C–N with tert-alkyl or cyclic N) is 1. The maximum atomic E-state index is 11.8. The Morgan fingerprint density at radius 3 is 2.59 bits per heavy atom. The fraction of sp³-hybridized carbons (Fsp3) is 0.381. The summed E-state index contributed by atoms with van der Waals surface area (Å²) in [4.78, 5) is 2.21. The molecule has 3 aliphatic heterocycles. The second kappa shape index (κ2) is 6.43. The summed E-state index contributed by atoms with van der Waals surface area (Å²) in [6.45, 7) is 2.41. The summed E-state index contributed by atoms with van der Waals surface area (Å²) in [5.41, 5.74) is 0.794. The van der Waals surface area contributed by atoms with Crippen LogP contribution in [-0.2, 0) is 5.72 Å². The molecule has 0 amide bonds. The third-order valence-electron chi connectivity index (χ3n) is 5.62. The number of ether oxygens (including phenoxy) is 2. The van der Waals surface area contributed by atoms with Crippen molar-refractivity contribution in [2.75, 3.05) is 31.2 Å². The summed E-state index contributed by atoms with van der Waals surface area (Å²) in [7, 11) is 0. The van der Waals surface area contributed by atoms with E-state index in [4.69, 9.17) is 21.1 Å². The molecular formula is C21H22ClN2O3+. The SMILES string of the molecule is O[C@@]1(c2ccc3c(c2)OCCO3)CN(c2ccc(Cl)cc2)C2=[N+]1CCCC2. The van der Waals surface area contributed by atoms with Gasteiger partial charge in [-0.3, -0.25) is 0 Å². The van der Waals surface area contributed by atoms with Gasteiger partial charge in [0.05, 0.1) is 6.54 Å². The van der Waals surface area contributed by atoms with Crippen LogP contribution in [0.2, 0.25) is 5.02 Å². The van der Waals surface area contributed by atoms with Gasteiger partial charge in [-0.2, -0.15) is 0 Å². The van der Waals surface area contributed by atoms with Gasteiger partial charge in [0, 0.05) is 17.0 Å². The number of halogens is 1. The number of nitrogens with zero attached hydrogens (tertiary/aromatic N) is 2. The van der Waals surface area contributed by atoms with E-state index in [0.29, 0.717) is 30.5 Å². The Morgan fingerprint density at radius 1 is 1.00 bits per heavy atom. The van der Waals surface area contributed by atoms with Crippen molar-refractivity contribution in [3.8, 4) is 11.5 Å². The van der Waals surface area contributed by atoms with E-state index in [1.165, 1.54) is 5.84 Å². The number of hydrogen-bond acceptors (Lipinski definition) is 4. The van der Waals surface area contributed by atoms with Crippen molar-refractivity contribution in [2.24, 2.45) is 0 Å². The molecule has 0 saturated heterocycles. The number of hydrogen-bond donors (Lipinski definition) is 1. The highest BCUT2D eigenvalue weighted by Gasteiger charge is 2.52. The Bertz CT molecular complexity index is 912. The summed E-state index contributed by atoms with van der Waals surface area (Å²) >= 11 is 6.06. The van der Waals surface area contributed by atoms with Crippen molar-refractivity contribution in [1.29, 1.82) is 0 Å². The normalized spacial score (nSPS) is 24.1. The number of fused-ring (bicyclic) bond motifs is 1. The number of rotatable bonds is 2. The molecule has 6 heteroatoms. The summed E-state index contributed by atoms with van der Waals surface area (Å²) in [5, 5.41) is 12.5. The van der Waals surface area contributed by atoms with Crippen molar-refractivity contribution >= 4 is 23.1 Å². The minimum Gasteiger partial charge on any atom is -0.486 e. The van der Waals surface area contributed by atoms with Crippen LogP contribution in [-0.4, -0.2) is 41.8 Å². The average Bonchev–Trinajstić information content (AvgIpc) is 3.03. The van der Waals surface area contributed by atoms with Crippen molar-refractivity contribution in [3.05, 3.63) is 53.1 Å². The lowest BCUT2D eigenvalue weighted by atomic mass is 10.0. The molecule has 0 radical (unpaired) electrons. The molecule has 1 atom stereocenters. The van der Waals surface area contributed by atoms with E-state index in [2.05, 4.69) is 9.48 Å².